The van der Waals surface area contributed by atoms with Crippen molar-refractivity contribution in [2.75, 3.05) is 43.6 Å². The van der Waals surface area contributed by atoms with E-state index in [1.54, 1.807) is 35.6 Å². The number of rotatable bonds is 4. The highest BCUT2D eigenvalue weighted by molar-refractivity contribution is 7.11. The molecule has 3 aromatic rings. The fourth-order valence-electron chi connectivity index (χ4n) is 3.23. The Balaban J connectivity index is 1.67. The van der Waals surface area contributed by atoms with Gasteiger partial charge in [-0.1, -0.05) is 6.07 Å². The number of nitrogens with one attached hydrogen (secondary N) is 1. The lowest BCUT2D eigenvalue weighted by Gasteiger charge is -2.28. The number of esters is 1. The van der Waals surface area contributed by atoms with Gasteiger partial charge in [-0.3, -0.25) is 4.79 Å². The van der Waals surface area contributed by atoms with Crippen molar-refractivity contribution >= 4 is 45.6 Å². The number of nitrogens with zero attached hydrogens (tertiary/aromatic N) is 3. The normalized spacial score (nSPS) is 14.1. The van der Waals surface area contributed by atoms with E-state index in [0.717, 1.165) is 21.6 Å². The average molecular weight is 412 g/mol. The lowest BCUT2D eigenvalue weighted by atomic mass is 10.2. The monoisotopic (exact) mass is 412 g/mol. The third-order valence-corrected chi connectivity index (χ3v) is 5.57. The quantitative estimate of drug-likeness (QED) is 0.659. The number of hydrogen-bond acceptors (Lipinski definition) is 8. The van der Waals surface area contributed by atoms with E-state index in [1.165, 1.54) is 7.11 Å². The number of anilines is 2. The molecule has 0 spiro atoms. The van der Waals surface area contributed by atoms with Crippen LogP contribution in [0.2, 0.25) is 0 Å². The van der Waals surface area contributed by atoms with Crippen LogP contribution in [0.15, 0.2) is 29.6 Å². The number of carbonyl (C=O) groups excluding carboxylic acids is 2. The van der Waals surface area contributed by atoms with Crippen LogP contribution in [-0.4, -0.2) is 55.3 Å². The van der Waals surface area contributed by atoms with Crippen LogP contribution < -0.4 is 10.2 Å². The molecule has 0 saturated carbocycles. The molecule has 4 rings (SSSR count). The number of fused-ring (bicyclic) bond motifs is 1. The molecule has 1 saturated heterocycles. The molecule has 1 aromatic carbocycles. The first-order valence-corrected chi connectivity index (χ1v) is 10.0. The van der Waals surface area contributed by atoms with E-state index in [2.05, 4.69) is 20.2 Å². The summed E-state index contributed by atoms with van der Waals surface area (Å²) in [5, 5.41) is 5.68. The molecule has 0 atom stereocenters. The molecule has 3 heterocycles. The Morgan fingerprint density at radius 2 is 2.03 bits per heavy atom. The fourth-order valence-corrected chi connectivity index (χ4v) is 4.00. The molecule has 0 aliphatic carbocycles. The predicted octanol–water partition coefficient (Wildman–Crippen LogP) is 2.88. The molecule has 9 heteroatoms. The van der Waals surface area contributed by atoms with Gasteiger partial charge in [-0.25, -0.2) is 14.8 Å². The molecule has 1 aliphatic heterocycles. The summed E-state index contributed by atoms with van der Waals surface area (Å²) in [5.74, 6) is -0.0693. The van der Waals surface area contributed by atoms with Crippen molar-refractivity contribution in [3.8, 4) is 0 Å². The molecule has 0 radical (unpaired) electrons. The van der Waals surface area contributed by atoms with Crippen molar-refractivity contribution in [2.45, 2.75) is 6.92 Å². The number of benzene rings is 1. The van der Waals surface area contributed by atoms with Crippen LogP contribution in [0.1, 0.15) is 25.9 Å². The highest BCUT2D eigenvalue weighted by Gasteiger charge is 2.22. The fraction of sp³-hybridized carbons (Fsp3) is 0.300. The van der Waals surface area contributed by atoms with Gasteiger partial charge in [-0.15, -0.1) is 11.3 Å². The standard InChI is InChI=1S/C20H20N4O4S/c1-12-16-15(11-29-12)22-17(23-18(16)24-6-8-28-9-7-24)19(25)21-14-5-3-4-13(10-14)20(26)27-2/h3-5,10-11H,6-9H2,1-2H3,(H,21,25). The van der Waals surface area contributed by atoms with E-state index < -0.39 is 11.9 Å². The van der Waals surface area contributed by atoms with Crippen LogP contribution in [0.5, 0.6) is 0 Å². The highest BCUT2D eigenvalue weighted by Crippen LogP contribution is 2.32. The minimum Gasteiger partial charge on any atom is -0.465 e. The van der Waals surface area contributed by atoms with Crippen LogP contribution in [-0.2, 0) is 9.47 Å². The Labute approximate surface area is 171 Å². The third kappa shape index (κ3) is 3.92. The molecule has 29 heavy (non-hydrogen) atoms. The summed E-state index contributed by atoms with van der Waals surface area (Å²) in [6, 6.07) is 6.54. The summed E-state index contributed by atoms with van der Waals surface area (Å²) < 4.78 is 10.2. The third-order valence-electron chi connectivity index (χ3n) is 4.67. The SMILES string of the molecule is COC(=O)c1cccc(NC(=O)c2nc(N3CCOCC3)c3c(C)scc3n2)c1. The van der Waals surface area contributed by atoms with Crippen molar-refractivity contribution in [1.29, 1.82) is 0 Å². The number of ether oxygens (including phenoxy) is 2. The largest absolute Gasteiger partial charge is 0.465 e. The first-order valence-electron chi connectivity index (χ1n) is 9.15. The molecular formula is C20H20N4O4S. The van der Waals surface area contributed by atoms with Crippen LogP contribution in [0.4, 0.5) is 11.5 Å². The molecule has 0 unspecified atom stereocenters. The molecule has 1 amide bonds. The van der Waals surface area contributed by atoms with Gasteiger partial charge >= 0.3 is 5.97 Å². The lowest BCUT2D eigenvalue weighted by molar-refractivity contribution is 0.0600. The molecule has 8 nitrogen and oxygen atoms in total. The van der Waals surface area contributed by atoms with Gasteiger partial charge in [-0.2, -0.15) is 0 Å². The number of morpholine rings is 1. The summed E-state index contributed by atoms with van der Waals surface area (Å²) in [5.41, 5.74) is 1.57. The number of carbonyl (C=O) groups is 2. The zero-order chi connectivity index (χ0) is 20.4. The first kappa shape index (κ1) is 19.3. The molecule has 2 aromatic heterocycles. The van der Waals surface area contributed by atoms with Gasteiger partial charge in [0.25, 0.3) is 5.91 Å². The topological polar surface area (TPSA) is 93.6 Å². The van der Waals surface area contributed by atoms with Crippen LogP contribution >= 0.6 is 11.3 Å². The number of aryl methyl sites for hydroxylation is 1. The summed E-state index contributed by atoms with van der Waals surface area (Å²) in [4.78, 5) is 36.9. The number of hydrogen-bond donors (Lipinski definition) is 1. The van der Waals surface area contributed by atoms with Gasteiger partial charge in [0.2, 0.25) is 5.82 Å². The number of aromatic nitrogens is 2. The van der Waals surface area contributed by atoms with Crippen molar-refractivity contribution in [1.82, 2.24) is 9.97 Å². The Hall–Kier alpha value is -3.04. The van der Waals surface area contributed by atoms with E-state index >= 15 is 0 Å². The van der Waals surface area contributed by atoms with Crippen molar-refractivity contribution in [2.24, 2.45) is 0 Å². The van der Waals surface area contributed by atoms with Gasteiger partial charge in [0.05, 0.1) is 36.8 Å². The van der Waals surface area contributed by atoms with Crippen LogP contribution in [0.3, 0.4) is 0 Å². The summed E-state index contributed by atoms with van der Waals surface area (Å²) in [6.07, 6.45) is 0. The number of thiophene rings is 1. The second-order valence-corrected chi connectivity index (χ2v) is 7.63. The number of methoxy groups -OCH3 is 1. The van der Waals surface area contributed by atoms with Crippen molar-refractivity contribution in [3.63, 3.8) is 0 Å². The Morgan fingerprint density at radius 3 is 2.79 bits per heavy atom. The maximum atomic E-state index is 12.9. The summed E-state index contributed by atoms with van der Waals surface area (Å²) in [7, 11) is 1.31. The first-order chi connectivity index (χ1) is 14.1. The molecule has 150 valence electrons. The molecule has 1 N–H and O–H groups in total. The lowest BCUT2D eigenvalue weighted by Crippen LogP contribution is -2.37. The second kappa shape index (κ2) is 8.14. The molecule has 1 fully saturated rings. The zero-order valence-corrected chi connectivity index (χ0v) is 16.9. The minimum atomic E-state index is -0.470. The van der Waals surface area contributed by atoms with E-state index in [-0.39, 0.29) is 5.82 Å². The Morgan fingerprint density at radius 1 is 1.24 bits per heavy atom. The van der Waals surface area contributed by atoms with Gasteiger partial charge < -0.3 is 19.7 Å². The average Bonchev–Trinajstić information content (AvgIpc) is 3.14. The molecular weight excluding hydrogens is 392 g/mol. The summed E-state index contributed by atoms with van der Waals surface area (Å²) in [6.45, 7) is 4.69. The van der Waals surface area contributed by atoms with Crippen LogP contribution in [0, 0.1) is 6.92 Å². The smallest absolute Gasteiger partial charge is 0.337 e. The van der Waals surface area contributed by atoms with E-state index in [9.17, 15) is 9.59 Å². The minimum absolute atomic E-state index is 0.0836. The van der Waals surface area contributed by atoms with Gasteiger partial charge in [0, 0.05) is 29.0 Å². The predicted molar refractivity (Wildman–Crippen MR) is 111 cm³/mol. The van der Waals surface area contributed by atoms with Gasteiger partial charge in [-0.05, 0) is 25.1 Å². The molecule has 1 aliphatic rings. The van der Waals surface area contributed by atoms with Gasteiger partial charge in [0.15, 0.2) is 0 Å². The van der Waals surface area contributed by atoms with E-state index in [1.807, 2.05) is 12.3 Å². The van der Waals surface area contributed by atoms with Crippen molar-refractivity contribution < 1.29 is 19.1 Å². The highest BCUT2D eigenvalue weighted by atomic mass is 32.1. The maximum absolute atomic E-state index is 12.9. The van der Waals surface area contributed by atoms with Crippen LogP contribution in [0.25, 0.3) is 10.9 Å². The van der Waals surface area contributed by atoms with Crippen molar-refractivity contribution in [3.05, 3.63) is 45.9 Å². The van der Waals surface area contributed by atoms with Gasteiger partial charge in [0.1, 0.15) is 5.82 Å². The van der Waals surface area contributed by atoms with E-state index in [0.29, 0.717) is 37.6 Å². The maximum Gasteiger partial charge on any atom is 0.337 e. The molecule has 0 bridgehead atoms. The Bertz CT molecular complexity index is 1080. The zero-order valence-electron chi connectivity index (χ0n) is 16.1. The Kier molecular flexibility index (Phi) is 5.41. The summed E-state index contributed by atoms with van der Waals surface area (Å²) >= 11 is 1.58. The van der Waals surface area contributed by atoms with E-state index in [4.69, 9.17) is 9.47 Å². The number of amides is 1. The second-order valence-electron chi connectivity index (χ2n) is 6.55.